The van der Waals surface area contributed by atoms with Crippen LogP contribution in [-0.4, -0.2) is 47.7 Å². The molecule has 1 fully saturated rings. The number of amides is 1. The fraction of sp³-hybridized carbons (Fsp3) is 0.529. The first-order valence-corrected chi connectivity index (χ1v) is 8.01. The van der Waals surface area contributed by atoms with Crippen molar-refractivity contribution in [2.24, 2.45) is 0 Å². The first-order valence-electron chi connectivity index (χ1n) is 8.01. The lowest BCUT2D eigenvalue weighted by molar-refractivity contribution is -0.148. The van der Waals surface area contributed by atoms with Gasteiger partial charge in [-0.2, -0.15) is 13.2 Å². The maximum absolute atomic E-state index is 12.9. The number of rotatable bonds is 5. The lowest BCUT2D eigenvalue weighted by Gasteiger charge is -2.34. The summed E-state index contributed by atoms with van der Waals surface area (Å²) in [6.45, 7) is 2.37. The second-order valence-electron chi connectivity index (χ2n) is 5.96. The van der Waals surface area contributed by atoms with E-state index in [1.807, 2.05) is 0 Å². The molecule has 138 valence electrons. The molecular formula is C17H20F3NO4. The maximum Gasteiger partial charge on any atom is 0.416 e. The van der Waals surface area contributed by atoms with Gasteiger partial charge in [0.05, 0.1) is 30.6 Å². The molecule has 25 heavy (non-hydrogen) atoms. The second kappa shape index (κ2) is 7.86. The molecular weight excluding hydrogens is 339 g/mol. The molecule has 1 heterocycles. The topological polar surface area (TPSA) is 66.8 Å². The highest BCUT2D eigenvalue weighted by Gasteiger charge is 2.33. The molecule has 0 aliphatic carbocycles. The molecule has 1 N–H and O–H groups in total. The number of carboxylic acid groups (broad SMARTS) is 1. The smallest absolute Gasteiger partial charge is 0.416 e. The number of carbonyl (C=O) groups excluding carboxylic acids is 1. The molecule has 2 rings (SSSR count). The summed E-state index contributed by atoms with van der Waals surface area (Å²) in [6, 6.07) is 4.77. The van der Waals surface area contributed by atoms with Gasteiger partial charge in [-0.15, -0.1) is 0 Å². The Morgan fingerprint density at radius 2 is 2.12 bits per heavy atom. The Hall–Kier alpha value is -2.09. The van der Waals surface area contributed by atoms with Crippen molar-refractivity contribution in [3.8, 4) is 0 Å². The van der Waals surface area contributed by atoms with Gasteiger partial charge in [-0.3, -0.25) is 9.59 Å². The van der Waals surface area contributed by atoms with Gasteiger partial charge >= 0.3 is 12.1 Å². The largest absolute Gasteiger partial charge is 0.481 e. The van der Waals surface area contributed by atoms with E-state index >= 15 is 0 Å². The molecule has 1 aliphatic heterocycles. The van der Waals surface area contributed by atoms with Gasteiger partial charge in [-0.05, 0) is 18.1 Å². The molecule has 5 nitrogen and oxygen atoms in total. The van der Waals surface area contributed by atoms with E-state index in [9.17, 15) is 22.8 Å². The number of halogens is 3. The van der Waals surface area contributed by atoms with Crippen molar-refractivity contribution >= 4 is 11.9 Å². The summed E-state index contributed by atoms with van der Waals surface area (Å²) in [5.74, 6) is -2.03. The molecule has 1 aliphatic rings. The van der Waals surface area contributed by atoms with Crippen LogP contribution in [0.5, 0.6) is 0 Å². The van der Waals surface area contributed by atoms with Crippen molar-refractivity contribution in [3.63, 3.8) is 0 Å². The van der Waals surface area contributed by atoms with Crippen LogP contribution in [0.15, 0.2) is 24.3 Å². The average molecular weight is 359 g/mol. The predicted molar refractivity (Wildman–Crippen MR) is 83.0 cm³/mol. The predicted octanol–water partition coefficient (Wildman–Crippen LogP) is 2.90. The number of nitrogens with zero attached hydrogens (tertiary/aromatic N) is 1. The zero-order chi connectivity index (χ0) is 18.6. The number of benzene rings is 1. The summed E-state index contributed by atoms with van der Waals surface area (Å²) < 4.78 is 44.0. The monoisotopic (exact) mass is 359 g/mol. The van der Waals surface area contributed by atoms with Gasteiger partial charge in [-0.1, -0.05) is 25.1 Å². The Balaban J connectivity index is 2.17. The van der Waals surface area contributed by atoms with Crippen molar-refractivity contribution in [2.75, 3.05) is 19.7 Å². The van der Waals surface area contributed by atoms with E-state index in [1.54, 1.807) is 6.92 Å². The Bertz CT molecular complexity index is 633. The quantitative estimate of drug-likeness (QED) is 0.878. The SMILES string of the molecule is CCC(C(=O)N1CCOC(CC(=O)O)C1)c1cccc(C(F)(F)F)c1. The zero-order valence-corrected chi connectivity index (χ0v) is 13.8. The van der Waals surface area contributed by atoms with Crippen LogP contribution in [0.1, 0.15) is 36.8 Å². The molecule has 8 heteroatoms. The number of hydrogen-bond acceptors (Lipinski definition) is 3. The average Bonchev–Trinajstić information content (AvgIpc) is 2.54. The normalized spacial score (nSPS) is 19.5. The minimum atomic E-state index is -4.47. The first-order chi connectivity index (χ1) is 11.7. The summed E-state index contributed by atoms with van der Waals surface area (Å²) in [4.78, 5) is 25.0. The third-order valence-electron chi connectivity index (χ3n) is 4.18. The van der Waals surface area contributed by atoms with Gasteiger partial charge in [0.2, 0.25) is 5.91 Å². The van der Waals surface area contributed by atoms with E-state index < -0.39 is 29.7 Å². The van der Waals surface area contributed by atoms with Crippen molar-refractivity contribution in [1.29, 1.82) is 0 Å². The molecule has 0 saturated carbocycles. The van der Waals surface area contributed by atoms with Crippen molar-refractivity contribution in [1.82, 2.24) is 4.90 Å². The van der Waals surface area contributed by atoms with Crippen molar-refractivity contribution in [3.05, 3.63) is 35.4 Å². The molecule has 0 aromatic heterocycles. The van der Waals surface area contributed by atoms with Crippen LogP contribution >= 0.6 is 0 Å². The molecule has 1 aromatic carbocycles. The second-order valence-corrected chi connectivity index (χ2v) is 5.96. The molecule has 1 aromatic rings. The molecule has 1 saturated heterocycles. The van der Waals surface area contributed by atoms with Gasteiger partial charge in [0, 0.05) is 13.1 Å². The van der Waals surface area contributed by atoms with Gasteiger partial charge in [0.15, 0.2) is 0 Å². The van der Waals surface area contributed by atoms with Crippen molar-refractivity contribution < 1.29 is 32.6 Å². The standard InChI is InChI=1S/C17H20F3NO4/c1-2-14(11-4-3-5-12(8-11)17(18,19)20)16(24)21-6-7-25-13(10-21)9-15(22)23/h3-5,8,13-14H,2,6-7,9-10H2,1H3,(H,22,23). The fourth-order valence-electron chi connectivity index (χ4n) is 2.94. The summed E-state index contributed by atoms with van der Waals surface area (Å²) in [7, 11) is 0. The highest BCUT2D eigenvalue weighted by atomic mass is 19.4. The van der Waals surface area contributed by atoms with Crippen LogP contribution in [0.2, 0.25) is 0 Å². The van der Waals surface area contributed by atoms with Gasteiger partial charge in [0.25, 0.3) is 0 Å². The molecule has 1 amide bonds. The molecule has 0 spiro atoms. The minimum Gasteiger partial charge on any atom is -0.481 e. The fourth-order valence-corrected chi connectivity index (χ4v) is 2.94. The van der Waals surface area contributed by atoms with Crippen LogP contribution in [0.25, 0.3) is 0 Å². The minimum absolute atomic E-state index is 0.126. The summed E-state index contributed by atoms with van der Waals surface area (Å²) in [5.41, 5.74) is -0.481. The number of aliphatic carboxylic acids is 1. The number of morpholine rings is 1. The lowest BCUT2D eigenvalue weighted by Crippen LogP contribution is -2.47. The van der Waals surface area contributed by atoms with Gasteiger partial charge < -0.3 is 14.7 Å². The van der Waals surface area contributed by atoms with Crippen LogP contribution in [-0.2, 0) is 20.5 Å². The molecule has 0 bridgehead atoms. The molecule has 2 unspecified atom stereocenters. The maximum atomic E-state index is 12.9. The molecule has 0 radical (unpaired) electrons. The molecule has 2 atom stereocenters. The van der Waals surface area contributed by atoms with E-state index in [1.165, 1.54) is 17.0 Å². The van der Waals surface area contributed by atoms with E-state index in [0.29, 0.717) is 18.5 Å². The Labute approximate surface area is 143 Å². The van der Waals surface area contributed by atoms with E-state index in [4.69, 9.17) is 9.84 Å². The van der Waals surface area contributed by atoms with Gasteiger partial charge in [-0.25, -0.2) is 0 Å². The highest BCUT2D eigenvalue weighted by molar-refractivity contribution is 5.84. The lowest BCUT2D eigenvalue weighted by atomic mass is 9.93. The van der Waals surface area contributed by atoms with Crippen LogP contribution in [0.3, 0.4) is 0 Å². The third kappa shape index (κ3) is 4.94. The van der Waals surface area contributed by atoms with E-state index in [2.05, 4.69) is 0 Å². The van der Waals surface area contributed by atoms with Crippen LogP contribution in [0.4, 0.5) is 13.2 Å². The Morgan fingerprint density at radius 1 is 1.40 bits per heavy atom. The summed E-state index contributed by atoms with van der Waals surface area (Å²) in [5, 5.41) is 8.84. The summed E-state index contributed by atoms with van der Waals surface area (Å²) >= 11 is 0. The summed E-state index contributed by atoms with van der Waals surface area (Å²) in [6.07, 6.45) is -4.94. The third-order valence-corrected chi connectivity index (χ3v) is 4.18. The van der Waals surface area contributed by atoms with Crippen molar-refractivity contribution in [2.45, 2.75) is 38.0 Å². The highest BCUT2D eigenvalue weighted by Crippen LogP contribution is 2.32. The Morgan fingerprint density at radius 3 is 2.72 bits per heavy atom. The number of ether oxygens (including phenoxy) is 1. The van der Waals surface area contributed by atoms with E-state index in [0.717, 1.165) is 12.1 Å². The zero-order valence-electron chi connectivity index (χ0n) is 13.8. The Kier molecular flexibility index (Phi) is 6.05. The first kappa shape index (κ1) is 19.2. The number of carboxylic acids is 1. The number of alkyl halides is 3. The van der Waals surface area contributed by atoms with Crippen LogP contribution < -0.4 is 0 Å². The van der Waals surface area contributed by atoms with E-state index in [-0.39, 0.29) is 25.5 Å². The van der Waals surface area contributed by atoms with Gasteiger partial charge in [0.1, 0.15) is 0 Å². The van der Waals surface area contributed by atoms with Crippen LogP contribution in [0, 0.1) is 0 Å². The number of hydrogen-bond donors (Lipinski definition) is 1. The number of carbonyl (C=O) groups is 2.